The smallest absolute Gasteiger partial charge is 0.343 e. The van der Waals surface area contributed by atoms with Crippen molar-refractivity contribution in [3.05, 3.63) is 18.0 Å². The lowest BCUT2D eigenvalue weighted by molar-refractivity contribution is 0.0155. The predicted octanol–water partition coefficient (Wildman–Crippen LogP) is 2.32. The Bertz CT molecular complexity index is 740. The molecule has 116 valence electrons. The van der Waals surface area contributed by atoms with Crippen molar-refractivity contribution in [3.8, 4) is 5.75 Å². The highest BCUT2D eigenvalue weighted by molar-refractivity contribution is 5.98. The maximum Gasteiger partial charge on any atom is 0.343 e. The molecule has 6 heteroatoms. The Morgan fingerprint density at radius 2 is 2.18 bits per heavy atom. The molecule has 2 heterocycles. The van der Waals surface area contributed by atoms with Crippen LogP contribution in [-0.4, -0.2) is 33.9 Å². The molecule has 2 aromatic heterocycles. The Kier molecular flexibility index (Phi) is 3.06. The van der Waals surface area contributed by atoms with Crippen LogP contribution in [0.2, 0.25) is 0 Å². The highest BCUT2D eigenvalue weighted by Crippen LogP contribution is 2.46. The second-order valence-electron chi connectivity index (χ2n) is 6.33. The third kappa shape index (κ3) is 1.97. The first-order valence-electron chi connectivity index (χ1n) is 7.73. The van der Waals surface area contributed by atoms with Crippen LogP contribution in [0, 0.1) is 11.8 Å². The number of pyridine rings is 1. The fourth-order valence-electron chi connectivity index (χ4n) is 3.97. The van der Waals surface area contributed by atoms with Crippen molar-refractivity contribution in [1.29, 1.82) is 0 Å². The minimum Gasteiger partial charge on any atom is -0.495 e. The van der Waals surface area contributed by atoms with Crippen molar-refractivity contribution in [1.82, 2.24) is 14.8 Å². The van der Waals surface area contributed by atoms with Gasteiger partial charge in [-0.2, -0.15) is 5.10 Å². The van der Waals surface area contributed by atoms with Gasteiger partial charge in [-0.05, 0) is 37.5 Å². The van der Waals surface area contributed by atoms with E-state index in [0.29, 0.717) is 22.9 Å². The Morgan fingerprint density at radius 1 is 1.32 bits per heavy atom. The van der Waals surface area contributed by atoms with Crippen LogP contribution >= 0.6 is 0 Å². The van der Waals surface area contributed by atoms with Crippen molar-refractivity contribution in [2.75, 3.05) is 7.11 Å². The van der Waals surface area contributed by atoms with Gasteiger partial charge in [-0.25, -0.2) is 9.78 Å². The summed E-state index contributed by atoms with van der Waals surface area (Å²) in [5, 5.41) is 4.89. The number of rotatable bonds is 3. The monoisotopic (exact) mass is 301 g/mol. The fourth-order valence-corrected chi connectivity index (χ4v) is 3.97. The third-order valence-corrected chi connectivity index (χ3v) is 5.07. The third-order valence-electron chi connectivity index (χ3n) is 5.07. The lowest BCUT2D eigenvalue weighted by Crippen LogP contribution is -2.24. The Hall–Kier alpha value is -2.11. The molecule has 2 saturated carbocycles. The van der Waals surface area contributed by atoms with Crippen LogP contribution in [0.25, 0.3) is 11.0 Å². The SMILES string of the molecule is COc1c(C(=O)OC2CC3CCC2C3)cnc2c1cnn2C. The van der Waals surface area contributed by atoms with E-state index in [1.54, 1.807) is 18.0 Å². The second-order valence-corrected chi connectivity index (χ2v) is 6.33. The number of ether oxygens (including phenoxy) is 2. The zero-order chi connectivity index (χ0) is 15.3. The van der Waals surface area contributed by atoms with Gasteiger partial charge in [0.05, 0.1) is 18.7 Å². The molecular weight excluding hydrogens is 282 g/mol. The normalized spacial score (nSPS) is 26.5. The molecule has 0 amide bonds. The second kappa shape index (κ2) is 4.97. The minimum absolute atomic E-state index is 0.0561. The number of carbonyl (C=O) groups is 1. The van der Waals surface area contributed by atoms with Crippen LogP contribution in [-0.2, 0) is 11.8 Å². The number of hydrogen-bond acceptors (Lipinski definition) is 5. The zero-order valence-electron chi connectivity index (χ0n) is 12.8. The van der Waals surface area contributed by atoms with Crippen LogP contribution in [0.5, 0.6) is 5.75 Å². The quantitative estimate of drug-likeness (QED) is 0.814. The molecule has 22 heavy (non-hydrogen) atoms. The predicted molar refractivity (Wildman–Crippen MR) is 79.7 cm³/mol. The van der Waals surface area contributed by atoms with E-state index in [0.717, 1.165) is 17.7 Å². The van der Waals surface area contributed by atoms with E-state index >= 15 is 0 Å². The molecule has 6 nitrogen and oxygen atoms in total. The summed E-state index contributed by atoms with van der Waals surface area (Å²) < 4.78 is 12.8. The van der Waals surface area contributed by atoms with Crippen molar-refractivity contribution in [2.45, 2.75) is 31.8 Å². The number of aromatic nitrogens is 3. The molecule has 3 atom stereocenters. The molecule has 0 aromatic carbocycles. The molecule has 4 rings (SSSR count). The summed E-state index contributed by atoms with van der Waals surface area (Å²) >= 11 is 0. The summed E-state index contributed by atoms with van der Waals surface area (Å²) in [7, 11) is 3.36. The van der Waals surface area contributed by atoms with Gasteiger partial charge in [0, 0.05) is 13.2 Å². The van der Waals surface area contributed by atoms with E-state index in [1.807, 2.05) is 7.05 Å². The molecule has 2 aromatic rings. The van der Waals surface area contributed by atoms with Gasteiger partial charge in [0.1, 0.15) is 17.4 Å². The van der Waals surface area contributed by atoms with Gasteiger partial charge in [-0.3, -0.25) is 4.68 Å². The number of carbonyl (C=O) groups excluding carboxylic acids is 1. The van der Waals surface area contributed by atoms with Crippen LogP contribution in [0.4, 0.5) is 0 Å². The van der Waals surface area contributed by atoms with Crippen molar-refractivity contribution < 1.29 is 14.3 Å². The van der Waals surface area contributed by atoms with E-state index < -0.39 is 0 Å². The Morgan fingerprint density at radius 3 is 2.86 bits per heavy atom. The van der Waals surface area contributed by atoms with Gasteiger partial charge < -0.3 is 9.47 Å². The van der Waals surface area contributed by atoms with Crippen LogP contribution in [0.15, 0.2) is 12.4 Å². The number of hydrogen-bond donors (Lipinski definition) is 0. The van der Waals surface area contributed by atoms with Gasteiger partial charge in [0.2, 0.25) is 0 Å². The van der Waals surface area contributed by atoms with Gasteiger partial charge >= 0.3 is 5.97 Å². The van der Waals surface area contributed by atoms with Gasteiger partial charge in [-0.15, -0.1) is 0 Å². The van der Waals surface area contributed by atoms with E-state index in [9.17, 15) is 4.79 Å². The maximum atomic E-state index is 12.5. The summed E-state index contributed by atoms with van der Waals surface area (Å²) in [6, 6.07) is 0. The number of aryl methyl sites for hydroxylation is 1. The van der Waals surface area contributed by atoms with Crippen LogP contribution < -0.4 is 4.74 Å². The standard InChI is InChI=1S/C16H19N3O3/c1-19-15-11(8-18-19)14(21-2)12(7-17-15)16(20)22-13-6-9-3-4-10(13)5-9/h7-10,13H,3-6H2,1-2H3. The van der Waals surface area contributed by atoms with Gasteiger partial charge in [0.15, 0.2) is 5.65 Å². The molecule has 2 aliphatic carbocycles. The van der Waals surface area contributed by atoms with E-state index in [4.69, 9.17) is 9.47 Å². The molecule has 0 aliphatic heterocycles. The summed E-state index contributed by atoms with van der Waals surface area (Å²) in [4.78, 5) is 16.9. The zero-order valence-corrected chi connectivity index (χ0v) is 12.8. The average Bonchev–Trinajstić information content (AvgIpc) is 3.22. The van der Waals surface area contributed by atoms with Crippen LogP contribution in [0.1, 0.15) is 36.0 Å². The number of nitrogens with zero attached hydrogens (tertiary/aromatic N) is 3. The number of methoxy groups -OCH3 is 1. The molecule has 2 aliphatic rings. The summed E-state index contributed by atoms with van der Waals surface area (Å²) in [6.45, 7) is 0. The molecule has 2 fully saturated rings. The topological polar surface area (TPSA) is 66.2 Å². The lowest BCUT2D eigenvalue weighted by atomic mass is 9.98. The maximum absolute atomic E-state index is 12.5. The van der Waals surface area contributed by atoms with Crippen molar-refractivity contribution >= 4 is 17.0 Å². The highest BCUT2D eigenvalue weighted by atomic mass is 16.5. The highest BCUT2D eigenvalue weighted by Gasteiger charge is 2.42. The van der Waals surface area contributed by atoms with Crippen LogP contribution in [0.3, 0.4) is 0 Å². The average molecular weight is 301 g/mol. The first-order chi connectivity index (χ1) is 10.7. The Balaban J connectivity index is 1.64. The number of fused-ring (bicyclic) bond motifs is 3. The molecule has 0 radical (unpaired) electrons. The molecule has 3 unspecified atom stereocenters. The molecule has 0 saturated heterocycles. The molecular formula is C16H19N3O3. The van der Waals surface area contributed by atoms with E-state index in [1.165, 1.54) is 25.5 Å². The summed E-state index contributed by atoms with van der Waals surface area (Å²) in [6.07, 6.45) is 7.91. The number of esters is 1. The molecule has 0 N–H and O–H groups in total. The first-order valence-corrected chi connectivity index (χ1v) is 7.73. The Labute approximate surface area is 128 Å². The van der Waals surface area contributed by atoms with Gasteiger partial charge in [0.25, 0.3) is 0 Å². The fraction of sp³-hybridized carbons (Fsp3) is 0.562. The molecule has 0 spiro atoms. The first kappa shape index (κ1) is 13.5. The summed E-state index contributed by atoms with van der Waals surface area (Å²) in [5.74, 6) is 1.43. The van der Waals surface area contributed by atoms with Gasteiger partial charge in [-0.1, -0.05) is 0 Å². The van der Waals surface area contributed by atoms with Crippen molar-refractivity contribution in [3.63, 3.8) is 0 Å². The summed E-state index contributed by atoms with van der Waals surface area (Å²) in [5.41, 5.74) is 1.07. The largest absolute Gasteiger partial charge is 0.495 e. The van der Waals surface area contributed by atoms with Crippen molar-refractivity contribution in [2.24, 2.45) is 18.9 Å². The van der Waals surface area contributed by atoms with E-state index in [-0.39, 0.29) is 12.1 Å². The molecule has 2 bridgehead atoms. The minimum atomic E-state index is -0.340. The van der Waals surface area contributed by atoms with E-state index in [2.05, 4.69) is 10.1 Å². The lowest BCUT2D eigenvalue weighted by Gasteiger charge is -2.22.